The largest absolute Gasteiger partial charge is 0.343 e. The molecule has 0 fully saturated rings. The smallest absolute Gasteiger partial charge is 0.213 e. The van der Waals surface area contributed by atoms with Crippen LogP contribution in [0, 0.1) is 0 Å². The van der Waals surface area contributed by atoms with Crippen molar-refractivity contribution in [2.75, 3.05) is 6.54 Å². The van der Waals surface area contributed by atoms with E-state index in [0.29, 0.717) is 5.82 Å². The van der Waals surface area contributed by atoms with Gasteiger partial charge in [-0.15, -0.1) is 22.7 Å². The predicted octanol–water partition coefficient (Wildman–Crippen LogP) is 3.77. The SMILES string of the molecule is Clc1ccc(C(NCCc2ncon2)c2cccs2)s1. The zero-order valence-electron chi connectivity index (χ0n) is 10.5. The summed E-state index contributed by atoms with van der Waals surface area (Å²) in [6, 6.07) is 8.36. The number of hydrogen-bond acceptors (Lipinski definition) is 6. The Morgan fingerprint density at radius 3 is 2.90 bits per heavy atom. The maximum atomic E-state index is 6.04. The number of hydrogen-bond donors (Lipinski definition) is 1. The van der Waals surface area contributed by atoms with E-state index in [1.165, 1.54) is 16.1 Å². The van der Waals surface area contributed by atoms with E-state index in [-0.39, 0.29) is 6.04 Å². The molecule has 1 unspecified atom stereocenters. The van der Waals surface area contributed by atoms with Crippen LogP contribution in [0.1, 0.15) is 21.6 Å². The molecular weight excluding hydrogens is 314 g/mol. The monoisotopic (exact) mass is 325 g/mol. The molecular formula is C13H12ClN3OS2. The minimum Gasteiger partial charge on any atom is -0.343 e. The van der Waals surface area contributed by atoms with Crippen LogP contribution in [0.15, 0.2) is 40.6 Å². The van der Waals surface area contributed by atoms with Gasteiger partial charge in [-0.1, -0.05) is 22.8 Å². The molecule has 0 radical (unpaired) electrons. The van der Waals surface area contributed by atoms with Gasteiger partial charge >= 0.3 is 0 Å². The van der Waals surface area contributed by atoms with E-state index in [9.17, 15) is 0 Å². The molecule has 3 heterocycles. The topological polar surface area (TPSA) is 51.0 Å². The quantitative estimate of drug-likeness (QED) is 0.749. The number of thiophene rings is 2. The van der Waals surface area contributed by atoms with E-state index in [1.54, 1.807) is 22.7 Å². The molecule has 0 saturated carbocycles. The summed E-state index contributed by atoms with van der Waals surface area (Å²) in [6.07, 6.45) is 2.09. The molecule has 3 rings (SSSR count). The van der Waals surface area contributed by atoms with Crippen molar-refractivity contribution in [2.24, 2.45) is 0 Å². The lowest BCUT2D eigenvalue weighted by atomic mass is 10.2. The first-order chi connectivity index (χ1) is 9.83. The van der Waals surface area contributed by atoms with E-state index >= 15 is 0 Å². The Kier molecular flexibility index (Phi) is 4.47. The first kappa shape index (κ1) is 13.8. The molecule has 3 aromatic heterocycles. The molecule has 3 aromatic rings. The van der Waals surface area contributed by atoms with Gasteiger partial charge < -0.3 is 9.84 Å². The Balaban J connectivity index is 1.70. The number of nitrogens with zero attached hydrogens (tertiary/aromatic N) is 2. The fourth-order valence-corrected chi connectivity index (χ4v) is 3.96. The molecule has 0 aliphatic carbocycles. The Bertz CT molecular complexity index is 636. The van der Waals surface area contributed by atoms with Crippen LogP contribution in [-0.2, 0) is 6.42 Å². The first-order valence-corrected chi connectivity index (χ1v) is 8.17. The summed E-state index contributed by atoms with van der Waals surface area (Å²) in [7, 11) is 0. The predicted molar refractivity (Wildman–Crippen MR) is 81.5 cm³/mol. The lowest BCUT2D eigenvalue weighted by Gasteiger charge is -2.15. The number of halogens is 1. The van der Waals surface area contributed by atoms with Crippen LogP contribution in [0.4, 0.5) is 0 Å². The molecule has 20 heavy (non-hydrogen) atoms. The van der Waals surface area contributed by atoms with Gasteiger partial charge in [0.15, 0.2) is 5.82 Å². The van der Waals surface area contributed by atoms with Crippen molar-refractivity contribution in [3.8, 4) is 0 Å². The van der Waals surface area contributed by atoms with Gasteiger partial charge in [-0.25, -0.2) is 0 Å². The third kappa shape index (κ3) is 3.27. The van der Waals surface area contributed by atoms with Crippen molar-refractivity contribution >= 4 is 34.3 Å². The molecule has 1 N–H and O–H groups in total. The van der Waals surface area contributed by atoms with Gasteiger partial charge in [0, 0.05) is 22.7 Å². The maximum absolute atomic E-state index is 6.04. The minimum absolute atomic E-state index is 0.166. The summed E-state index contributed by atoms with van der Waals surface area (Å²) in [6.45, 7) is 0.775. The average Bonchev–Trinajstić information content (AvgIpc) is 3.17. The molecule has 0 aromatic carbocycles. The molecule has 0 saturated heterocycles. The molecule has 7 heteroatoms. The van der Waals surface area contributed by atoms with E-state index in [0.717, 1.165) is 17.3 Å². The van der Waals surface area contributed by atoms with Crippen LogP contribution in [0.5, 0.6) is 0 Å². The summed E-state index contributed by atoms with van der Waals surface area (Å²) >= 11 is 9.38. The molecule has 4 nitrogen and oxygen atoms in total. The normalized spacial score (nSPS) is 12.7. The van der Waals surface area contributed by atoms with E-state index < -0.39 is 0 Å². The van der Waals surface area contributed by atoms with Gasteiger partial charge in [0.05, 0.1) is 10.4 Å². The maximum Gasteiger partial charge on any atom is 0.213 e. The lowest BCUT2D eigenvalue weighted by Crippen LogP contribution is -2.23. The van der Waals surface area contributed by atoms with Crippen molar-refractivity contribution < 1.29 is 4.52 Å². The third-order valence-electron chi connectivity index (χ3n) is 2.81. The number of aromatic nitrogens is 2. The van der Waals surface area contributed by atoms with E-state index in [2.05, 4.69) is 39.0 Å². The van der Waals surface area contributed by atoms with Gasteiger partial charge in [0.25, 0.3) is 0 Å². The van der Waals surface area contributed by atoms with Gasteiger partial charge in [-0.2, -0.15) is 4.98 Å². The summed E-state index contributed by atoms with van der Waals surface area (Å²) in [5, 5.41) is 9.42. The highest BCUT2D eigenvalue weighted by Crippen LogP contribution is 2.32. The Morgan fingerprint density at radius 1 is 1.30 bits per heavy atom. The number of rotatable bonds is 6. The zero-order chi connectivity index (χ0) is 13.8. The molecule has 1 atom stereocenters. The second-order valence-corrected chi connectivity index (χ2v) is 6.87. The standard InChI is InChI=1S/C13H12ClN3OS2/c14-11-4-3-10(20-11)13(9-2-1-7-19-9)15-6-5-12-16-8-18-17-12/h1-4,7-8,13,15H,5-6H2. The van der Waals surface area contributed by atoms with E-state index in [4.69, 9.17) is 16.1 Å². The minimum atomic E-state index is 0.166. The third-order valence-corrected chi connectivity index (χ3v) is 5.04. The van der Waals surface area contributed by atoms with Crippen molar-refractivity contribution in [3.05, 3.63) is 56.0 Å². The van der Waals surface area contributed by atoms with Gasteiger partial charge in [-0.3, -0.25) is 0 Å². The molecule has 0 bridgehead atoms. The van der Waals surface area contributed by atoms with Crippen molar-refractivity contribution in [1.82, 2.24) is 15.5 Å². The van der Waals surface area contributed by atoms with Crippen LogP contribution in [-0.4, -0.2) is 16.7 Å². The van der Waals surface area contributed by atoms with Gasteiger partial charge in [0.1, 0.15) is 0 Å². The van der Waals surface area contributed by atoms with Gasteiger partial charge in [0.2, 0.25) is 6.39 Å². The molecule has 0 amide bonds. The number of nitrogens with one attached hydrogen (secondary N) is 1. The Hall–Kier alpha value is -1.21. The first-order valence-electron chi connectivity index (χ1n) is 6.10. The Labute approximate surface area is 129 Å². The van der Waals surface area contributed by atoms with Crippen LogP contribution in [0.25, 0.3) is 0 Å². The summed E-state index contributed by atoms with van der Waals surface area (Å²) in [4.78, 5) is 6.51. The fraction of sp³-hybridized carbons (Fsp3) is 0.231. The van der Waals surface area contributed by atoms with Gasteiger partial charge in [-0.05, 0) is 23.6 Å². The van der Waals surface area contributed by atoms with Crippen LogP contribution < -0.4 is 5.32 Å². The summed E-state index contributed by atoms with van der Waals surface area (Å²) in [5.74, 6) is 0.714. The van der Waals surface area contributed by atoms with E-state index in [1.807, 2.05) is 6.07 Å². The molecule has 0 aliphatic heterocycles. The fourth-order valence-electron chi connectivity index (χ4n) is 1.91. The van der Waals surface area contributed by atoms with Crippen LogP contribution in [0.2, 0.25) is 4.34 Å². The Morgan fingerprint density at radius 2 is 2.25 bits per heavy atom. The highest BCUT2D eigenvalue weighted by Gasteiger charge is 2.16. The second kappa shape index (κ2) is 6.49. The zero-order valence-corrected chi connectivity index (χ0v) is 12.8. The summed E-state index contributed by atoms with van der Waals surface area (Å²) in [5.41, 5.74) is 0. The van der Waals surface area contributed by atoms with Crippen LogP contribution in [0.3, 0.4) is 0 Å². The lowest BCUT2D eigenvalue weighted by molar-refractivity contribution is 0.409. The molecule has 0 aliphatic rings. The highest BCUT2D eigenvalue weighted by molar-refractivity contribution is 7.16. The average molecular weight is 326 g/mol. The van der Waals surface area contributed by atoms with Crippen LogP contribution >= 0.6 is 34.3 Å². The highest BCUT2D eigenvalue weighted by atomic mass is 35.5. The second-order valence-electron chi connectivity index (χ2n) is 4.14. The van der Waals surface area contributed by atoms with Crippen molar-refractivity contribution in [1.29, 1.82) is 0 Å². The summed E-state index contributed by atoms with van der Waals surface area (Å²) < 4.78 is 5.54. The van der Waals surface area contributed by atoms with Crippen molar-refractivity contribution in [2.45, 2.75) is 12.5 Å². The molecule has 104 valence electrons. The van der Waals surface area contributed by atoms with Crippen molar-refractivity contribution in [3.63, 3.8) is 0 Å². The molecule has 0 spiro atoms.